The van der Waals surface area contributed by atoms with Gasteiger partial charge in [-0.2, -0.15) is 0 Å². The molecule has 2 aromatic carbocycles. The molecule has 2 N–H and O–H groups in total. The van der Waals surface area contributed by atoms with E-state index in [0.29, 0.717) is 10.6 Å². The molecule has 6 nitrogen and oxygen atoms in total. The molecule has 0 atom stereocenters. The minimum Gasteiger partial charge on any atom is -0.501 e. The zero-order chi connectivity index (χ0) is 20.4. The first kappa shape index (κ1) is 19.5. The lowest BCUT2D eigenvalue weighted by molar-refractivity contribution is 0.0942. The number of rotatable bonds is 4. The van der Waals surface area contributed by atoms with Gasteiger partial charge in [-0.05, 0) is 29.8 Å². The van der Waals surface area contributed by atoms with Crippen LogP contribution < -0.4 is 10.9 Å². The van der Waals surface area contributed by atoms with Crippen molar-refractivity contribution in [2.24, 2.45) is 7.05 Å². The fraction of sp³-hybridized carbons (Fsp3) is 0.105. The Bertz CT molecular complexity index is 1090. The van der Waals surface area contributed by atoms with Gasteiger partial charge in [0.2, 0.25) is 5.75 Å². The largest absolute Gasteiger partial charge is 0.501 e. The van der Waals surface area contributed by atoms with Crippen LogP contribution in [0.3, 0.4) is 0 Å². The summed E-state index contributed by atoms with van der Waals surface area (Å²) in [7, 11) is 1.19. The second kappa shape index (κ2) is 7.77. The molecule has 0 aliphatic carbocycles. The summed E-state index contributed by atoms with van der Waals surface area (Å²) in [6.45, 7) is 0.0652. The Balaban J connectivity index is 1.99. The van der Waals surface area contributed by atoms with Crippen LogP contribution in [-0.4, -0.2) is 20.6 Å². The van der Waals surface area contributed by atoms with Crippen molar-refractivity contribution in [3.05, 3.63) is 80.7 Å². The summed E-state index contributed by atoms with van der Waals surface area (Å²) in [5.74, 6) is -4.13. The number of hydrogen-bond donors (Lipinski definition) is 2. The van der Waals surface area contributed by atoms with E-state index in [1.165, 1.54) is 7.05 Å². The van der Waals surface area contributed by atoms with E-state index < -0.39 is 45.9 Å². The molecule has 1 aromatic heterocycles. The standard InChI is InChI=1S/C19H14ClF2N3O3/c1-25-17(14-12(21)3-2-4-13(14)22)24-15(16(26)19(25)28)18(27)23-9-10-5-7-11(20)8-6-10/h2-8,26H,9H2,1H3,(H,23,27). The number of halogens is 3. The highest BCUT2D eigenvalue weighted by atomic mass is 35.5. The summed E-state index contributed by atoms with van der Waals surface area (Å²) in [6.07, 6.45) is 0. The van der Waals surface area contributed by atoms with Gasteiger partial charge in [0.05, 0.1) is 5.56 Å². The monoisotopic (exact) mass is 405 g/mol. The van der Waals surface area contributed by atoms with Gasteiger partial charge in [0, 0.05) is 18.6 Å². The molecule has 0 unspecified atom stereocenters. The van der Waals surface area contributed by atoms with Crippen molar-refractivity contribution < 1.29 is 18.7 Å². The number of carbonyl (C=O) groups excluding carboxylic acids is 1. The van der Waals surface area contributed by atoms with Gasteiger partial charge >= 0.3 is 0 Å². The van der Waals surface area contributed by atoms with Crippen molar-refractivity contribution in [3.63, 3.8) is 0 Å². The maximum atomic E-state index is 14.1. The fourth-order valence-electron chi connectivity index (χ4n) is 2.55. The van der Waals surface area contributed by atoms with Crippen molar-refractivity contribution in [2.75, 3.05) is 0 Å². The molecular weight excluding hydrogens is 392 g/mol. The third-order valence-corrected chi connectivity index (χ3v) is 4.29. The molecule has 0 spiro atoms. The van der Waals surface area contributed by atoms with Crippen LogP contribution in [0.1, 0.15) is 16.1 Å². The Morgan fingerprint density at radius 2 is 1.79 bits per heavy atom. The summed E-state index contributed by atoms with van der Waals surface area (Å²) < 4.78 is 29.0. The van der Waals surface area contributed by atoms with Crippen LogP contribution in [0.2, 0.25) is 5.02 Å². The summed E-state index contributed by atoms with van der Waals surface area (Å²) in [5.41, 5.74) is -1.51. The average Bonchev–Trinajstić information content (AvgIpc) is 2.67. The van der Waals surface area contributed by atoms with Crippen LogP contribution in [0.15, 0.2) is 47.3 Å². The van der Waals surface area contributed by atoms with Gasteiger partial charge in [-0.15, -0.1) is 0 Å². The average molecular weight is 406 g/mol. The first-order chi connectivity index (χ1) is 13.3. The van der Waals surface area contributed by atoms with E-state index in [9.17, 15) is 23.5 Å². The highest BCUT2D eigenvalue weighted by Crippen LogP contribution is 2.25. The molecule has 0 saturated carbocycles. The lowest BCUT2D eigenvalue weighted by Crippen LogP contribution is -2.29. The third-order valence-electron chi connectivity index (χ3n) is 4.03. The highest BCUT2D eigenvalue weighted by molar-refractivity contribution is 6.30. The van der Waals surface area contributed by atoms with Gasteiger partial charge < -0.3 is 10.4 Å². The highest BCUT2D eigenvalue weighted by Gasteiger charge is 2.23. The molecule has 0 bridgehead atoms. The molecule has 0 saturated heterocycles. The van der Waals surface area contributed by atoms with Gasteiger partial charge in [-0.25, -0.2) is 13.8 Å². The molecule has 144 valence electrons. The quantitative estimate of drug-likeness (QED) is 0.699. The van der Waals surface area contributed by atoms with Gasteiger partial charge in [0.25, 0.3) is 11.5 Å². The maximum Gasteiger partial charge on any atom is 0.296 e. The SMILES string of the molecule is Cn1c(-c2c(F)cccc2F)nc(C(=O)NCc2ccc(Cl)cc2)c(O)c1=O. The van der Waals surface area contributed by atoms with E-state index in [4.69, 9.17) is 11.6 Å². The minimum atomic E-state index is -1.01. The second-order valence-electron chi connectivity index (χ2n) is 5.90. The van der Waals surface area contributed by atoms with E-state index >= 15 is 0 Å². The number of carbonyl (C=O) groups is 1. The van der Waals surface area contributed by atoms with Crippen LogP contribution in [0.25, 0.3) is 11.4 Å². The van der Waals surface area contributed by atoms with Gasteiger partial charge in [0.1, 0.15) is 17.5 Å². The molecule has 0 aliphatic heterocycles. The molecule has 28 heavy (non-hydrogen) atoms. The molecule has 1 heterocycles. The predicted molar refractivity (Wildman–Crippen MR) is 99.1 cm³/mol. The number of nitrogens with zero attached hydrogens (tertiary/aromatic N) is 2. The molecule has 0 radical (unpaired) electrons. The molecular formula is C19H14ClF2N3O3. The number of aromatic hydroxyl groups is 1. The van der Waals surface area contributed by atoms with Crippen LogP contribution in [0.4, 0.5) is 8.78 Å². The van der Waals surface area contributed by atoms with Crippen molar-refractivity contribution in [2.45, 2.75) is 6.54 Å². The van der Waals surface area contributed by atoms with Gasteiger partial charge in [0.15, 0.2) is 5.69 Å². The fourth-order valence-corrected chi connectivity index (χ4v) is 2.68. The van der Waals surface area contributed by atoms with Gasteiger partial charge in [-0.1, -0.05) is 29.8 Å². The van der Waals surface area contributed by atoms with Crippen LogP contribution in [-0.2, 0) is 13.6 Å². The van der Waals surface area contributed by atoms with Crippen molar-refractivity contribution >= 4 is 17.5 Å². The topological polar surface area (TPSA) is 84.2 Å². The normalized spacial score (nSPS) is 10.7. The van der Waals surface area contributed by atoms with Gasteiger partial charge in [-0.3, -0.25) is 14.2 Å². The maximum absolute atomic E-state index is 14.1. The van der Waals surface area contributed by atoms with Crippen LogP contribution >= 0.6 is 11.6 Å². The molecule has 3 rings (SSSR count). The van der Waals surface area contributed by atoms with Crippen molar-refractivity contribution in [1.82, 2.24) is 14.9 Å². The number of aromatic nitrogens is 2. The third kappa shape index (κ3) is 3.72. The zero-order valence-electron chi connectivity index (χ0n) is 14.5. The Hall–Kier alpha value is -3.26. The predicted octanol–water partition coefficient (Wildman–Crippen LogP) is 3.01. The first-order valence-electron chi connectivity index (χ1n) is 8.06. The minimum absolute atomic E-state index is 0.0652. The Morgan fingerprint density at radius 3 is 2.39 bits per heavy atom. The van der Waals surface area contributed by atoms with E-state index in [1.807, 2.05) is 0 Å². The Kier molecular flexibility index (Phi) is 5.41. The number of nitrogens with one attached hydrogen (secondary N) is 1. The van der Waals surface area contributed by atoms with Crippen LogP contribution in [0, 0.1) is 11.6 Å². The lowest BCUT2D eigenvalue weighted by Gasteiger charge is -2.13. The summed E-state index contributed by atoms with van der Waals surface area (Å²) in [6, 6.07) is 9.79. The Morgan fingerprint density at radius 1 is 1.18 bits per heavy atom. The molecule has 0 aliphatic rings. The van der Waals surface area contributed by atoms with Crippen molar-refractivity contribution in [1.29, 1.82) is 0 Å². The number of amides is 1. The molecule has 0 fully saturated rings. The van der Waals surface area contributed by atoms with E-state index in [-0.39, 0.29) is 6.54 Å². The summed E-state index contributed by atoms with van der Waals surface area (Å²) in [5, 5.41) is 13.0. The van der Waals surface area contributed by atoms with E-state index in [0.717, 1.165) is 22.8 Å². The zero-order valence-corrected chi connectivity index (χ0v) is 15.3. The van der Waals surface area contributed by atoms with E-state index in [2.05, 4.69) is 10.3 Å². The van der Waals surface area contributed by atoms with E-state index in [1.54, 1.807) is 24.3 Å². The Labute approximate surface area is 163 Å². The first-order valence-corrected chi connectivity index (χ1v) is 8.44. The van der Waals surface area contributed by atoms with Crippen LogP contribution in [0.5, 0.6) is 5.75 Å². The van der Waals surface area contributed by atoms with Crippen molar-refractivity contribution in [3.8, 4) is 17.1 Å². The summed E-state index contributed by atoms with van der Waals surface area (Å²) in [4.78, 5) is 28.5. The molecule has 3 aromatic rings. The number of benzene rings is 2. The molecule has 9 heteroatoms. The molecule has 1 amide bonds. The lowest BCUT2D eigenvalue weighted by atomic mass is 10.1. The number of hydrogen-bond acceptors (Lipinski definition) is 4. The summed E-state index contributed by atoms with van der Waals surface area (Å²) >= 11 is 5.80. The second-order valence-corrected chi connectivity index (χ2v) is 6.34. The smallest absolute Gasteiger partial charge is 0.296 e.